The number of anilines is 1. The number of nitrogens with zero attached hydrogens (tertiary/aromatic N) is 3. The molecule has 2 aromatic carbocycles. The Kier molecular flexibility index (Phi) is 4.71. The molecule has 2 N–H and O–H groups in total. The van der Waals surface area contributed by atoms with Crippen molar-refractivity contribution in [2.75, 3.05) is 5.73 Å². The molecule has 0 unspecified atom stereocenters. The summed E-state index contributed by atoms with van der Waals surface area (Å²) in [6, 6.07) is 18.1. The normalized spacial score (nSPS) is 10.4. The van der Waals surface area contributed by atoms with Gasteiger partial charge in [-0.15, -0.1) is 5.10 Å². The minimum atomic E-state index is 0.272. The van der Waals surface area contributed by atoms with Gasteiger partial charge in [-0.3, -0.25) is 0 Å². The maximum absolute atomic E-state index is 9.39. The van der Waals surface area contributed by atoms with E-state index in [1.807, 2.05) is 36.4 Å². The fourth-order valence-corrected chi connectivity index (χ4v) is 2.58. The van der Waals surface area contributed by atoms with Gasteiger partial charge in [-0.05, 0) is 36.1 Å². The minimum absolute atomic E-state index is 0.272. The molecule has 1 aromatic heterocycles. The topological polar surface area (TPSA) is 76.9 Å². The molecule has 0 saturated heterocycles. The van der Waals surface area contributed by atoms with Crippen molar-refractivity contribution in [3.8, 4) is 11.9 Å². The van der Waals surface area contributed by atoms with Gasteiger partial charge in [0, 0.05) is 0 Å². The van der Waals surface area contributed by atoms with Crippen LogP contribution >= 0.6 is 0 Å². The van der Waals surface area contributed by atoms with E-state index in [2.05, 4.69) is 37.1 Å². The summed E-state index contributed by atoms with van der Waals surface area (Å²) in [6.07, 6.45) is 0. The van der Waals surface area contributed by atoms with E-state index in [4.69, 9.17) is 10.5 Å². The van der Waals surface area contributed by atoms with E-state index in [0.717, 1.165) is 11.1 Å². The van der Waals surface area contributed by atoms with Crippen molar-refractivity contribution in [2.45, 2.75) is 27.0 Å². The highest BCUT2D eigenvalue weighted by Crippen LogP contribution is 2.24. The first kappa shape index (κ1) is 16.6. The van der Waals surface area contributed by atoms with E-state index in [9.17, 15) is 5.26 Å². The number of hydrogen-bond acceptors (Lipinski definition) is 4. The second-order valence-corrected chi connectivity index (χ2v) is 6.03. The second kappa shape index (κ2) is 7.10. The Balaban J connectivity index is 1.80. The largest absolute Gasteiger partial charge is 0.471 e. The smallest absolute Gasteiger partial charge is 0.253 e. The number of ether oxygens (including phenoxy) is 1. The SMILES string of the molecule is Cc1ccc(COc2nn(Cc3ccccc3)c(N)c2C#N)cc1C. The molecule has 0 aliphatic heterocycles. The van der Waals surface area contributed by atoms with Gasteiger partial charge in [-0.25, -0.2) is 4.68 Å². The first-order chi connectivity index (χ1) is 12.1. The molecule has 1 heterocycles. The number of rotatable bonds is 5. The standard InChI is InChI=1S/C20H20N4O/c1-14-8-9-17(10-15(14)2)13-25-20-18(11-21)19(22)24(23-20)12-16-6-4-3-5-7-16/h3-10H,12-13,22H2,1-2H3. The third-order valence-electron chi connectivity index (χ3n) is 4.19. The average Bonchev–Trinajstić information content (AvgIpc) is 2.92. The van der Waals surface area contributed by atoms with E-state index >= 15 is 0 Å². The van der Waals surface area contributed by atoms with Crippen molar-refractivity contribution in [3.05, 3.63) is 76.3 Å². The van der Waals surface area contributed by atoms with E-state index in [0.29, 0.717) is 19.0 Å². The minimum Gasteiger partial charge on any atom is -0.471 e. The molecule has 25 heavy (non-hydrogen) atoms. The Morgan fingerprint density at radius 1 is 1.08 bits per heavy atom. The molecule has 3 aromatic rings. The maximum Gasteiger partial charge on any atom is 0.253 e. The number of aromatic nitrogens is 2. The molecule has 0 spiro atoms. The number of nitrogen functional groups attached to an aromatic ring is 1. The molecule has 0 bridgehead atoms. The summed E-state index contributed by atoms with van der Waals surface area (Å²) in [5, 5.41) is 13.8. The van der Waals surface area contributed by atoms with Crippen LogP contribution in [0.15, 0.2) is 48.5 Å². The van der Waals surface area contributed by atoms with Gasteiger partial charge >= 0.3 is 0 Å². The summed E-state index contributed by atoms with van der Waals surface area (Å²) in [4.78, 5) is 0. The Bertz CT molecular complexity index is 923. The summed E-state index contributed by atoms with van der Waals surface area (Å²) >= 11 is 0. The molecule has 0 radical (unpaired) electrons. The molecular weight excluding hydrogens is 312 g/mol. The zero-order valence-corrected chi connectivity index (χ0v) is 14.4. The van der Waals surface area contributed by atoms with Gasteiger partial charge in [-0.2, -0.15) is 5.26 Å². The zero-order chi connectivity index (χ0) is 17.8. The van der Waals surface area contributed by atoms with Gasteiger partial charge in [0.05, 0.1) is 6.54 Å². The van der Waals surface area contributed by atoms with Crippen molar-refractivity contribution in [2.24, 2.45) is 0 Å². The van der Waals surface area contributed by atoms with Crippen LogP contribution in [0.3, 0.4) is 0 Å². The van der Waals surface area contributed by atoms with E-state index in [-0.39, 0.29) is 11.4 Å². The predicted octanol–water partition coefficient (Wildman–Crippen LogP) is 3.58. The summed E-state index contributed by atoms with van der Waals surface area (Å²) < 4.78 is 7.37. The Morgan fingerprint density at radius 3 is 2.52 bits per heavy atom. The molecule has 0 fully saturated rings. The van der Waals surface area contributed by atoms with Crippen LogP contribution in [0, 0.1) is 25.2 Å². The lowest BCUT2D eigenvalue weighted by molar-refractivity contribution is 0.289. The zero-order valence-electron chi connectivity index (χ0n) is 14.4. The summed E-state index contributed by atoms with van der Waals surface area (Å²) in [5.74, 6) is 0.593. The third-order valence-corrected chi connectivity index (χ3v) is 4.19. The summed E-state index contributed by atoms with van der Waals surface area (Å²) in [5.41, 5.74) is 10.9. The first-order valence-corrected chi connectivity index (χ1v) is 8.07. The fourth-order valence-electron chi connectivity index (χ4n) is 2.58. The quantitative estimate of drug-likeness (QED) is 0.774. The van der Waals surface area contributed by atoms with Gasteiger partial charge in [0.25, 0.3) is 5.88 Å². The van der Waals surface area contributed by atoms with Crippen LogP contribution in [0.25, 0.3) is 0 Å². The summed E-state index contributed by atoms with van der Waals surface area (Å²) in [7, 11) is 0. The van der Waals surface area contributed by atoms with Crippen molar-refractivity contribution >= 4 is 5.82 Å². The maximum atomic E-state index is 9.39. The highest BCUT2D eigenvalue weighted by atomic mass is 16.5. The van der Waals surface area contributed by atoms with E-state index < -0.39 is 0 Å². The number of hydrogen-bond donors (Lipinski definition) is 1. The van der Waals surface area contributed by atoms with Gasteiger partial charge in [0.1, 0.15) is 18.5 Å². The molecule has 5 heteroatoms. The van der Waals surface area contributed by atoms with Gasteiger partial charge in [0.15, 0.2) is 5.56 Å². The van der Waals surface area contributed by atoms with Crippen LogP contribution in [-0.2, 0) is 13.2 Å². The van der Waals surface area contributed by atoms with Gasteiger partial charge in [-0.1, -0.05) is 48.5 Å². The van der Waals surface area contributed by atoms with Crippen LogP contribution in [0.1, 0.15) is 27.8 Å². The lowest BCUT2D eigenvalue weighted by Gasteiger charge is -2.06. The molecule has 126 valence electrons. The fraction of sp³-hybridized carbons (Fsp3) is 0.200. The Morgan fingerprint density at radius 2 is 1.84 bits per heavy atom. The highest BCUT2D eigenvalue weighted by Gasteiger charge is 2.17. The van der Waals surface area contributed by atoms with E-state index in [1.54, 1.807) is 4.68 Å². The third kappa shape index (κ3) is 3.64. The second-order valence-electron chi connectivity index (χ2n) is 6.03. The molecule has 5 nitrogen and oxygen atoms in total. The van der Waals surface area contributed by atoms with Crippen molar-refractivity contribution in [1.82, 2.24) is 9.78 Å². The van der Waals surface area contributed by atoms with Crippen LogP contribution < -0.4 is 10.5 Å². The molecular formula is C20H20N4O. The predicted molar refractivity (Wildman–Crippen MR) is 97.1 cm³/mol. The number of nitriles is 1. The molecule has 0 atom stereocenters. The lowest BCUT2D eigenvalue weighted by atomic mass is 10.1. The number of benzene rings is 2. The van der Waals surface area contributed by atoms with Crippen LogP contribution in [0.5, 0.6) is 5.88 Å². The average molecular weight is 332 g/mol. The van der Waals surface area contributed by atoms with Gasteiger partial charge < -0.3 is 10.5 Å². The molecule has 0 aliphatic carbocycles. The van der Waals surface area contributed by atoms with Crippen LogP contribution in [0.4, 0.5) is 5.82 Å². The molecule has 3 rings (SSSR count). The molecule has 0 aliphatic rings. The lowest BCUT2D eigenvalue weighted by Crippen LogP contribution is -2.06. The van der Waals surface area contributed by atoms with Crippen LogP contribution in [0.2, 0.25) is 0 Å². The molecule has 0 amide bonds. The van der Waals surface area contributed by atoms with Crippen LogP contribution in [-0.4, -0.2) is 9.78 Å². The van der Waals surface area contributed by atoms with Crippen molar-refractivity contribution in [1.29, 1.82) is 5.26 Å². The van der Waals surface area contributed by atoms with Crippen molar-refractivity contribution < 1.29 is 4.74 Å². The monoisotopic (exact) mass is 332 g/mol. The summed E-state index contributed by atoms with van der Waals surface area (Å²) in [6.45, 7) is 4.97. The van der Waals surface area contributed by atoms with E-state index in [1.165, 1.54) is 11.1 Å². The number of aryl methyl sites for hydroxylation is 2. The highest BCUT2D eigenvalue weighted by molar-refractivity contribution is 5.55. The molecule has 0 saturated carbocycles. The number of nitrogens with two attached hydrogens (primary N) is 1. The Labute approximate surface area is 147 Å². The van der Waals surface area contributed by atoms with Gasteiger partial charge in [0.2, 0.25) is 0 Å². The Hall–Kier alpha value is -3.26. The first-order valence-electron chi connectivity index (χ1n) is 8.07. The van der Waals surface area contributed by atoms with Crippen molar-refractivity contribution in [3.63, 3.8) is 0 Å².